The van der Waals surface area contributed by atoms with Gasteiger partial charge in [0.2, 0.25) is 0 Å². The molecule has 82 valence electrons. The van der Waals surface area contributed by atoms with Gasteiger partial charge in [0.15, 0.2) is 0 Å². The maximum atomic E-state index is 6.11. The fourth-order valence-electron chi connectivity index (χ4n) is 1.53. The molecule has 16 heavy (non-hydrogen) atoms. The van der Waals surface area contributed by atoms with E-state index in [2.05, 4.69) is 15.4 Å². The van der Waals surface area contributed by atoms with Crippen molar-refractivity contribution in [3.05, 3.63) is 59.1 Å². The van der Waals surface area contributed by atoms with Crippen molar-refractivity contribution < 1.29 is 0 Å². The minimum absolute atomic E-state index is 0.199. The maximum Gasteiger partial charge on any atom is 0.115 e. The summed E-state index contributed by atoms with van der Waals surface area (Å²) in [7, 11) is 0. The summed E-state index contributed by atoms with van der Waals surface area (Å²) in [5.41, 5.74) is 4.49. The SMILES string of the molecule is NNC(c1cncnc1)c1ccccc1Cl. The van der Waals surface area contributed by atoms with Crippen LogP contribution in [-0.2, 0) is 0 Å². The standard InChI is InChI=1S/C11H11ClN4/c12-10-4-2-1-3-9(10)11(16-13)8-5-14-7-15-6-8/h1-7,11,16H,13H2. The largest absolute Gasteiger partial charge is 0.271 e. The molecular formula is C11H11ClN4. The topological polar surface area (TPSA) is 63.8 Å². The van der Waals surface area contributed by atoms with Crippen LogP contribution in [0.2, 0.25) is 5.02 Å². The highest BCUT2D eigenvalue weighted by Gasteiger charge is 2.15. The predicted octanol–water partition coefficient (Wildman–Crippen LogP) is 1.68. The molecule has 0 amide bonds. The first kappa shape index (κ1) is 11.0. The molecule has 0 saturated heterocycles. The Morgan fingerprint density at radius 3 is 2.50 bits per heavy atom. The fourth-order valence-corrected chi connectivity index (χ4v) is 1.78. The molecule has 1 aromatic heterocycles. The summed E-state index contributed by atoms with van der Waals surface area (Å²) < 4.78 is 0. The van der Waals surface area contributed by atoms with Gasteiger partial charge in [-0.3, -0.25) is 5.84 Å². The molecule has 1 atom stereocenters. The van der Waals surface area contributed by atoms with Crippen LogP contribution in [0.3, 0.4) is 0 Å². The lowest BCUT2D eigenvalue weighted by molar-refractivity contribution is 0.632. The van der Waals surface area contributed by atoms with Crippen LogP contribution in [0.5, 0.6) is 0 Å². The molecule has 0 fully saturated rings. The number of hydrogen-bond acceptors (Lipinski definition) is 4. The molecule has 0 aliphatic rings. The lowest BCUT2D eigenvalue weighted by Crippen LogP contribution is -2.29. The summed E-state index contributed by atoms with van der Waals surface area (Å²) in [6, 6.07) is 7.33. The van der Waals surface area contributed by atoms with Gasteiger partial charge in [0.25, 0.3) is 0 Å². The zero-order valence-electron chi connectivity index (χ0n) is 8.47. The van der Waals surface area contributed by atoms with Gasteiger partial charge in [0, 0.05) is 23.0 Å². The molecule has 0 bridgehead atoms. The molecular weight excluding hydrogens is 224 g/mol. The molecule has 4 nitrogen and oxygen atoms in total. The average molecular weight is 235 g/mol. The first-order valence-corrected chi connectivity index (χ1v) is 5.16. The highest BCUT2D eigenvalue weighted by atomic mass is 35.5. The van der Waals surface area contributed by atoms with Crippen molar-refractivity contribution in [2.45, 2.75) is 6.04 Å². The Morgan fingerprint density at radius 2 is 1.88 bits per heavy atom. The van der Waals surface area contributed by atoms with E-state index in [0.29, 0.717) is 5.02 Å². The van der Waals surface area contributed by atoms with Crippen molar-refractivity contribution in [2.24, 2.45) is 5.84 Å². The molecule has 0 spiro atoms. The van der Waals surface area contributed by atoms with Crippen molar-refractivity contribution >= 4 is 11.6 Å². The Morgan fingerprint density at radius 1 is 1.19 bits per heavy atom. The maximum absolute atomic E-state index is 6.11. The number of hydrazine groups is 1. The Kier molecular flexibility index (Phi) is 3.46. The molecule has 3 N–H and O–H groups in total. The van der Waals surface area contributed by atoms with E-state index in [9.17, 15) is 0 Å². The third-order valence-electron chi connectivity index (χ3n) is 2.30. The molecule has 1 heterocycles. The Balaban J connectivity index is 2.41. The molecule has 0 saturated carbocycles. The van der Waals surface area contributed by atoms with Gasteiger partial charge in [-0.1, -0.05) is 29.8 Å². The van der Waals surface area contributed by atoms with E-state index in [1.807, 2.05) is 24.3 Å². The van der Waals surface area contributed by atoms with Crippen molar-refractivity contribution in [1.29, 1.82) is 0 Å². The van der Waals surface area contributed by atoms with Crippen LogP contribution >= 0.6 is 11.6 Å². The van der Waals surface area contributed by atoms with Gasteiger partial charge in [-0.05, 0) is 11.6 Å². The molecule has 5 heteroatoms. The number of halogens is 1. The third-order valence-corrected chi connectivity index (χ3v) is 2.64. The van der Waals surface area contributed by atoms with Crippen LogP contribution in [0.15, 0.2) is 43.0 Å². The van der Waals surface area contributed by atoms with Gasteiger partial charge in [-0.2, -0.15) is 0 Å². The van der Waals surface area contributed by atoms with Gasteiger partial charge in [-0.25, -0.2) is 15.4 Å². The monoisotopic (exact) mass is 234 g/mol. The first-order chi connectivity index (χ1) is 7.83. The molecule has 0 aliphatic heterocycles. The van der Waals surface area contributed by atoms with Crippen LogP contribution in [0.1, 0.15) is 17.2 Å². The van der Waals surface area contributed by atoms with E-state index in [4.69, 9.17) is 17.4 Å². The molecule has 1 aromatic carbocycles. The second kappa shape index (κ2) is 5.03. The molecule has 0 aliphatic carbocycles. The van der Waals surface area contributed by atoms with E-state index in [1.54, 1.807) is 12.4 Å². The van der Waals surface area contributed by atoms with Crippen molar-refractivity contribution in [1.82, 2.24) is 15.4 Å². The van der Waals surface area contributed by atoms with Crippen molar-refractivity contribution in [3.8, 4) is 0 Å². The molecule has 2 rings (SSSR count). The van der Waals surface area contributed by atoms with E-state index >= 15 is 0 Å². The van der Waals surface area contributed by atoms with Crippen LogP contribution in [0.4, 0.5) is 0 Å². The Labute approximate surface area is 98.5 Å². The summed E-state index contributed by atoms with van der Waals surface area (Å²) in [5, 5.41) is 0.661. The van der Waals surface area contributed by atoms with Gasteiger partial charge in [-0.15, -0.1) is 0 Å². The average Bonchev–Trinajstić information content (AvgIpc) is 2.34. The number of benzene rings is 1. The van der Waals surface area contributed by atoms with Gasteiger partial charge < -0.3 is 0 Å². The van der Waals surface area contributed by atoms with Gasteiger partial charge in [0.1, 0.15) is 6.33 Å². The van der Waals surface area contributed by atoms with E-state index < -0.39 is 0 Å². The van der Waals surface area contributed by atoms with Crippen LogP contribution in [0, 0.1) is 0 Å². The summed E-state index contributed by atoms with van der Waals surface area (Å²) in [6.07, 6.45) is 4.89. The molecule has 2 aromatic rings. The smallest absolute Gasteiger partial charge is 0.115 e. The van der Waals surface area contributed by atoms with Crippen LogP contribution in [-0.4, -0.2) is 9.97 Å². The Hall–Kier alpha value is -1.49. The molecule has 0 radical (unpaired) electrons. The normalized spacial score (nSPS) is 12.4. The predicted molar refractivity (Wildman–Crippen MR) is 62.7 cm³/mol. The minimum atomic E-state index is -0.199. The lowest BCUT2D eigenvalue weighted by Gasteiger charge is -2.17. The summed E-state index contributed by atoms with van der Waals surface area (Å²) in [6.45, 7) is 0. The second-order valence-electron chi connectivity index (χ2n) is 3.29. The van der Waals surface area contributed by atoms with Gasteiger partial charge >= 0.3 is 0 Å². The van der Waals surface area contributed by atoms with E-state index in [-0.39, 0.29) is 6.04 Å². The summed E-state index contributed by atoms with van der Waals surface area (Å²) >= 11 is 6.11. The zero-order valence-corrected chi connectivity index (χ0v) is 9.22. The number of hydrogen-bond donors (Lipinski definition) is 2. The van der Waals surface area contributed by atoms with Crippen molar-refractivity contribution in [2.75, 3.05) is 0 Å². The first-order valence-electron chi connectivity index (χ1n) is 4.78. The number of nitrogens with one attached hydrogen (secondary N) is 1. The number of aromatic nitrogens is 2. The minimum Gasteiger partial charge on any atom is -0.271 e. The summed E-state index contributed by atoms with van der Waals surface area (Å²) in [5.74, 6) is 5.54. The lowest BCUT2D eigenvalue weighted by atomic mass is 10.0. The highest BCUT2D eigenvalue weighted by molar-refractivity contribution is 6.31. The molecule has 1 unspecified atom stereocenters. The van der Waals surface area contributed by atoms with Crippen LogP contribution < -0.4 is 11.3 Å². The second-order valence-corrected chi connectivity index (χ2v) is 3.70. The van der Waals surface area contributed by atoms with Gasteiger partial charge in [0.05, 0.1) is 6.04 Å². The Bertz CT molecular complexity index is 461. The van der Waals surface area contributed by atoms with E-state index in [0.717, 1.165) is 11.1 Å². The van der Waals surface area contributed by atoms with E-state index in [1.165, 1.54) is 6.33 Å². The number of rotatable bonds is 3. The quantitative estimate of drug-likeness (QED) is 0.627. The third kappa shape index (κ3) is 2.19. The zero-order chi connectivity index (χ0) is 11.4. The van der Waals surface area contributed by atoms with Crippen molar-refractivity contribution in [3.63, 3.8) is 0 Å². The highest BCUT2D eigenvalue weighted by Crippen LogP contribution is 2.26. The van der Waals surface area contributed by atoms with Crippen LogP contribution in [0.25, 0.3) is 0 Å². The number of nitrogens with zero attached hydrogens (tertiary/aromatic N) is 2. The summed E-state index contributed by atoms with van der Waals surface area (Å²) in [4.78, 5) is 7.92. The fraction of sp³-hybridized carbons (Fsp3) is 0.0909. The number of nitrogens with two attached hydrogens (primary N) is 1.